The summed E-state index contributed by atoms with van der Waals surface area (Å²) in [6, 6.07) is 21.0. The Hall–Kier alpha value is -3.93. The Morgan fingerprint density at radius 2 is 1.77 bits per heavy atom. The molecule has 1 unspecified atom stereocenters. The van der Waals surface area contributed by atoms with E-state index in [-0.39, 0.29) is 10.9 Å². The minimum absolute atomic E-state index is 0.0818. The molecule has 1 fully saturated rings. The number of pyridine rings is 1. The van der Waals surface area contributed by atoms with Gasteiger partial charge in [-0.2, -0.15) is 0 Å². The van der Waals surface area contributed by atoms with E-state index < -0.39 is 17.2 Å². The fraction of sp³-hybridized carbons (Fsp3) is 0.241. The van der Waals surface area contributed by atoms with Crippen molar-refractivity contribution in [2.45, 2.75) is 26.3 Å². The van der Waals surface area contributed by atoms with E-state index in [2.05, 4.69) is 6.92 Å². The minimum atomic E-state index is -1.32. The Balaban J connectivity index is 1.57. The van der Waals surface area contributed by atoms with Crippen molar-refractivity contribution in [2.75, 3.05) is 18.0 Å². The molecule has 0 spiro atoms. The summed E-state index contributed by atoms with van der Waals surface area (Å²) >= 11 is 0. The van der Waals surface area contributed by atoms with Crippen molar-refractivity contribution in [1.29, 1.82) is 0 Å². The first-order valence-electron chi connectivity index (χ1n) is 11.9. The molecule has 4 aromatic rings. The topological polar surface area (TPSA) is 62.5 Å². The van der Waals surface area contributed by atoms with Gasteiger partial charge in [0.25, 0.3) is 0 Å². The molecule has 1 aliphatic rings. The van der Waals surface area contributed by atoms with Gasteiger partial charge in [-0.3, -0.25) is 4.79 Å². The summed E-state index contributed by atoms with van der Waals surface area (Å²) in [4.78, 5) is 26.7. The van der Waals surface area contributed by atoms with E-state index in [4.69, 9.17) is 0 Å². The first-order chi connectivity index (χ1) is 16.9. The molecule has 1 aliphatic heterocycles. The van der Waals surface area contributed by atoms with Crippen LogP contribution in [0, 0.1) is 11.7 Å². The van der Waals surface area contributed by atoms with Crippen molar-refractivity contribution >= 4 is 22.6 Å². The molecule has 5 nitrogen and oxygen atoms in total. The lowest BCUT2D eigenvalue weighted by atomic mass is 10.0. The number of halogens is 1. The molecule has 1 atom stereocenters. The van der Waals surface area contributed by atoms with Gasteiger partial charge in [0.15, 0.2) is 0 Å². The van der Waals surface area contributed by atoms with E-state index in [0.717, 1.165) is 42.6 Å². The fourth-order valence-electron chi connectivity index (χ4n) is 4.94. The second-order valence-electron chi connectivity index (χ2n) is 9.20. The molecular weight excluding hydrogens is 443 g/mol. The average molecular weight is 471 g/mol. The highest BCUT2D eigenvalue weighted by Gasteiger charge is 2.25. The number of hydrogen-bond acceptors (Lipinski definition) is 3. The van der Waals surface area contributed by atoms with Crippen molar-refractivity contribution in [3.05, 3.63) is 100 Å². The summed E-state index contributed by atoms with van der Waals surface area (Å²) in [5.74, 6) is -1.29. The van der Waals surface area contributed by atoms with Crippen LogP contribution in [0.15, 0.2) is 77.7 Å². The largest absolute Gasteiger partial charge is 0.477 e. The molecule has 6 heteroatoms. The van der Waals surface area contributed by atoms with Crippen LogP contribution < -0.4 is 10.3 Å². The highest BCUT2D eigenvalue weighted by Crippen LogP contribution is 2.31. The summed E-state index contributed by atoms with van der Waals surface area (Å²) in [7, 11) is 0. The molecule has 1 aromatic heterocycles. The van der Waals surface area contributed by atoms with Gasteiger partial charge in [0.2, 0.25) is 5.43 Å². The molecule has 3 aromatic carbocycles. The van der Waals surface area contributed by atoms with Gasteiger partial charge in [0, 0.05) is 31.2 Å². The van der Waals surface area contributed by atoms with Crippen LogP contribution in [0.5, 0.6) is 0 Å². The van der Waals surface area contributed by atoms with Gasteiger partial charge in [-0.05, 0) is 41.2 Å². The fourth-order valence-corrected chi connectivity index (χ4v) is 4.94. The maximum atomic E-state index is 15.1. The smallest absolute Gasteiger partial charge is 0.341 e. The van der Waals surface area contributed by atoms with E-state index in [1.807, 2.05) is 59.5 Å². The second-order valence-corrected chi connectivity index (χ2v) is 9.20. The highest BCUT2D eigenvalue weighted by atomic mass is 19.1. The lowest BCUT2D eigenvalue weighted by Gasteiger charge is -2.21. The van der Waals surface area contributed by atoms with Crippen molar-refractivity contribution in [2.24, 2.45) is 5.92 Å². The molecule has 35 heavy (non-hydrogen) atoms. The summed E-state index contributed by atoms with van der Waals surface area (Å²) < 4.78 is 16.9. The van der Waals surface area contributed by atoms with E-state index in [1.165, 1.54) is 12.3 Å². The number of hydrogen-bond donors (Lipinski definition) is 1. The monoisotopic (exact) mass is 470 g/mol. The number of carboxylic acids is 1. The lowest BCUT2D eigenvalue weighted by molar-refractivity contribution is 0.0695. The number of benzene rings is 3. The van der Waals surface area contributed by atoms with E-state index in [1.54, 1.807) is 10.6 Å². The van der Waals surface area contributed by atoms with Crippen LogP contribution in [0.3, 0.4) is 0 Å². The molecule has 0 aliphatic carbocycles. The summed E-state index contributed by atoms with van der Waals surface area (Å²) in [5.41, 5.74) is 3.10. The minimum Gasteiger partial charge on any atom is -0.477 e. The highest BCUT2D eigenvalue weighted by molar-refractivity contribution is 5.93. The van der Waals surface area contributed by atoms with Crippen LogP contribution >= 0.6 is 0 Å². The van der Waals surface area contributed by atoms with Gasteiger partial charge >= 0.3 is 5.97 Å². The van der Waals surface area contributed by atoms with E-state index in [0.29, 0.717) is 23.7 Å². The molecule has 1 saturated heterocycles. The molecule has 2 heterocycles. The van der Waals surface area contributed by atoms with E-state index in [9.17, 15) is 14.7 Å². The van der Waals surface area contributed by atoms with Crippen LogP contribution in [-0.4, -0.2) is 28.7 Å². The van der Waals surface area contributed by atoms with Gasteiger partial charge in [-0.1, -0.05) is 67.9 Å². The van der Waals surface area contributed by atoms with Gasteiger partial charge < -0.3 is 14.6 Å². The number of anilines is 1. The Morgan fingerprint density at radius 3 is 2.43 bits per heavy atom. The predicted molar refractivity (Wildman–Crippen MR) is 137 cm³/mol. The predicted octanol–water partition coefficient (Wildman–Crippen LogP) is 5.79. The van der Waals surface area contributed by atoms with Gasteiger partial charge in [0.05, 0.1) is 11.2 Å². The van der Waals surface area contributed by atoms with Gasteiger partial charge in [0.1, 0.15) is 11.4 Å². The Kier molecular flexibility index (Phi) is 6.12. The molecule has 5 rings (SSSR count). The quantitative estimate of drug-likeness (QED) is 0.387. The SMILES string of the molecule is CCC1CCN(c2cc3c(cc2F)c(=O)c(C(=O)O)cn3Cc2ccc(-c3ccccc3)cc2)C1. The maximum absolute atomic E-state index is 15.1. The first kappa shape index (κ1) is 22.8. The molecular formula is C29H27FN2O3. The third-order valence-corrected chi connectivity index (χ3v) is 7.00. The van der Waals surface area contributed by atoms with Crippen molar-refractivity contribution < 1.29 is 14.3 Å². The van der Waals surface area contributed by atoms with Crippen molar-refractivity contribution in [3.63, 3.8) is 0 Å². The standard InChI is InChI=1S/C29H27FN2O3/c1-2-19-12-13-31(16-19)27-15-26-23(14-25(27)30)28(33)24(29(34)35)18-32(26)17-20-8-10-22(11-9-20)21-6-4-3-5-7-21/h3-11,14-15,18-19H,2,12-13,16-17H2,1H3,(H,34,35). The number of carboxylic acid groups (broad SMARTS) is 1. The van der Waals surface area contributed by atoms with Crippen molar-refractivity contribution in [1.82, 2.24) is 4.57 Å². The lowest BCUT2D eigenvalue weighted by Crippen LogP contribution is -2.23. The Bertz CT molecular complexity index is 1450. The maximum Gasteiger partial charge on any atom is 0.341 e. The Labute approximate surface area is 203 Å². The second kappa shape index (κ2) is 9.37. The number of aromatic carboxylic acids is 1. The zero-order valence-electron chi connectivity index (χ0n) is 19.6. The van der Waals surface area contributed by atoms with Crippen LogP contribution in [0.25, 0.3) is 22.0 Å². The Morgan fingerprint density at radius 1 is 1.06 bits per heavy atom. The van der Waals surface area contributed by atoms with Crippen LogP contribution in [0.2, 0.25) is 0 Å². The zero-order valence-corrected chi connectivity index (χ0v) is 19.6. The average Bonchev–Trinajstić information content (AvgIpc) is 3.35. The summed E-state index contributed by atoms with van der Waals surface area (Å²) in [6.45, 7) is 4.03. The summed E-state index contributed by atoms with van der Waals surface area (Å²) in [6.07, 6.45) is 3.42. The van der Waals surface area contributed by atoms with E-state index >= 15 is 4.39 Å². The summed E-state index contributed by atoms with van der Waals surface area (Å²) in [5, 5.41) is 9.70. The number of rotatable bonds is 6. The zero-order chi connectivity index (χ0) is 24.5. The van der Waals surface area contributed by atoms with Gasteiger partial charge in [-0.25, -0.2) is 9.18 Å². The molecule has 178 valence electrons. The van der Waals surface area contributed by atoms with Crippen molar-refractivity contribution in [3.8, 4) is 11.1 Å². The molecule has 0 amide bonds. The third-order valence-electron chi connectivity index (χ3n) is 7.00. The molecule has 0 radical (unpaired) electrons. The van der Waals surface area contributed by atoms with Gasteiger partial charge in [-0.15, -0.1) is 0 Å². The molecule has 0 bridgehead atoms. The number of fused-ring (bicyclic) bond motifs is 1. The number of aromatic nitrogens is 1. The normalized spacial score (nSPS) is 15.6. The number of carbonyl (C=O) groups is 1. The first-order valence-corrected chi connectivity index (χ1v) is 11.9. The van der Waals surface area contributed by atoms with Crippen LogP contribution in [-0.2, 0) is 6.54 Å². The third kappa shape index (κ3) is 4.44. The van der Waals surface area contributed by atoms with Crippen LogP contribution in [0.4, 0.5) is 10.1 Å². The molecule has 0 saturated carbocycles. The number of nitrogens with zero attached hydrogens (tertiary/aromatic N) is 2. The molecule has 1 N–H and O–H groups in total. The van der Waals surface area contributed by atoms with Crippen LogP contribution in [0.1, 0.15) is 35.7 Å².